The van der Waals surface area contributed by atoms with Crippen molar-refractivity contribution in [3.8, 4) is 0 Å². The fraction of sp³-hybridized carbons (Fsp3) is 0.500. The Balaban J connectivity index is 1.95. The Morgan fingerprint density at radius 2 is 2.46 bits per heavy atom. The van der Waals surface area contributed by atoms with Crippen molar-refractivity contribution in [2.75, 3.05) is 13.6 Å². The van der Waals surface area contributed by atoms with E-state index < -0.39 is 0 Å². The van der Waals surface area contributed by atoms with Gasteiger partial charge in [0, 0.05) is 13.6 Å². The first-order valence-corrected chi connectivity index (χ1v) is 5.44. The van der Waals surface area contributed by atoms with Gasteiger partial charge >= 0.3 is 0 Å². The van der Waals surface area contributed by atoms with E-state index >= 15 is 0 Å². The molecule has 70 valence electrons. The maximum Gasteiger partial charge on any atom is 0.263 e. The average molecular weight is 195 g/mol. The maximum absolute atomic E-state index is 11.7. The molecular weight excluding hydrogens is 182 g/mol. The molecule has 2 rings (SSSR count). The summed E-state index contributed by atoms with van der Waals surface area (Å²) in [6, 6.07) is 3.80. The van der Waals surface area contributed by atoms with E-state index in [0.29, 0.717) is 0 Å². The number of thiophene rings is 1. The molecule has 0 bridgehead atoms. The Bertz CT molecular complexity index is 290. The topological polar surface area (TPSA) is 20.3 Å². The lowest BCUT2D eigenvalue weighted by Gasteiger charge is -2.15. The maximum atomic E-state index is 11.7. The first kappa shape index (κ1) is 8.75. The molecule has 0 unspecified atom stereocenters. The molecule has 0 aromatic carbocycles. The van der Waals surface area contributed by atoms with Crippen LogP contribution in [-0.2, 0) is 0 Å². The zero-order chi connectivity index (χ0) is 9.26. The Kier molecular flexibility index (Phi) is 2.36. The lowest BCUT2D eigenvalue weighted by molar-refractivity contribution is 0.0793. The second-order valence-corrected chi connectivity index (χ2v) is 4.55. The Morgan fingerprint density at radius 3 is 3.00 bits per heavy atom. The molecule has 1 aliphatic carbocycles. The summed E-state index contributed by atoms with van der Waals surface area (Å²) in [5, 5.41) is 1.94. The van der Waals surface area contributed by atoms with E-state index in [-0.39, 0.29) is 5.91 Å². The zero-order valence-corrected chi connectivity index (χ0v) is 8.51. The molecule has 1 fully saturated rings. The molecule has 1 amide bonds. The van der Waals surface area contributed by atoms with Gasteiger partial charge in [-0.3, -0.25) is 4.79 Å². The summed E-state index contributed by atoms with van der Waals surface area (Å²) in [4.78, 5) is 14.4. The number of nitrogens with zero attached hydrogens (tertiary/aromatic N) is 1. The third-order valence-corrected chi connectivity index (χ3v) is 3.17. The summed E-state index contributed by atoms with van der Waals surface area (Å²) in [6.45, 7) is 0.927. The largest absolute Gasteiger partial charge is 0.341 e. The molecule has 0 atom stereocenters. The monoisotopic (exact) mass is 195 g/mol. The van der Waals surface area contributed by atoms with Gasteiger partial charge < -0.3 is 4.90 Å². The fourth-order valence-corrected chi connectivity index (χ4v) is 2.08. The van der Waals surface area contributed by atoms with Gasteiger partial charge in [0.15, 0.2) is 0 Å². The van der Waals surface area contributed by atoms with Crippen molar-refractivity contribution >= 4 is 17.2 Å². The second-order valence-electron chi connectivity index (χ2n) is 3.61. The molecule has 0 spiro atoms. The smallest absolute Gasteiger partial charge is 0.263 e. The van der Waals surface area contributed by atoms with Gasteiger partial charge in [-0.1, -0.05) is 6.07 Å². The lowest BCUT2D eigenvalue weighted by atomic mass is 10.3. The van der Waals surface area contributed by atoms with E-state index in [4.69, 9.17) is 0 Å². The minimum absolute atomic E-state index is 0.168. The van der Waals surface area contributed by atoms with Crippen molar-refractivity contribution in [3.05, 3.63) is 22.4 Å². The number of hydrogen-bond acceptors (Lipinski definition) is 2. The highest BCUT2D eigenvalue weighted by Crippen LogP contribution is 2.29. The van der Waals surface area contributed by atoms with Crippen molar-refractivity contribution in [1.29, 1.82) is 0 Å². The van der Waals surface area contributed by atoms with Crippen LogP contribution in [0.15, 0.2) is 17.5 Å². The van der Waals surface area contributed by atoms with Gasteiger partial charge in [-0.25, -0.2) is 0 Å². The highest BCUT2D eigenvalue weighted by Gasteiger charge is 2.25. The SMILES string of the molecule is CN(CC1CC1)C(=O)c1cccs1. The van der Waals surface area contributed by atoms with Gasteiger partial charge in [-0.05, 0) is 30.2 Å². The van der Waals surface area contributed by atoms with E-state index in [9.17, 15) is 4.79 Å². The van der Waals surface area contributed by atoms with Gasteiger partial charge in [0.05, 0.1) is 4.88 Å². The van der Waals surface area contributed by atoms with Crippen LogP contribution in [0.3, 0.4) is 0 Å². The van der Waals surface area contributed by atoms with Gasteiger partial charge in [-0.15, -0.1) is 11.3 Å². The van der Waals surface area contributed by atoms with Crippen LogP contribution >= 0.6 is 11.3 Å². The average Bonchev–Trinajstić information content (AvgIpc) is 2.78. The van der Waals surface area contributed by atoms with E-state index in [0.717, 1.165) is 17.3 Å². The number of carbonyl (C=O) groups excluding carboxylic acids is 1. The first-order chi connectivity index (χ1) is 6.27. The summed E-state index contributed by atoms with van der Waals surface area (Å²) >= 11 is 1.52. The second kappa shape index (κ2) is 3.50. The van der Waals surface area contributed by atoms with Crippen LogP contribution in [0.5, 0.6) is 0 Å². The molecule has 13 heavy (non-hydrogen) atoms. The summed E-state index contributed by atoms with van der Waals surface area (Å²) < 4.78 is 0. The zero-order valence-electron chi connectivity index (χ0n) is 7.69. The van der Waals surface area contributed by atoms with Gasteiger partial charge in [0.1, 0.15) is 0 Å². The first-order valence-electron chi connectivity index (χ1n) is 4.56. The predicted octanol–water partition coefficient (Wildman–Crippen LogP) is 2.23. The van der Waals surface area contributed by atoms with Crippen molar-refractivity contribution in [3.63, 3.8) is 0 Å². The van der Waals surface area contributed by atoms with Crippen LogP contribution in [0, 0.1) is 5.92 Å². The Morgan fingerprint density at radius 1 is 1.69 bits per heavy atom. The van der Waals surface area contributed by atoms with Crippen molar-refractivity contribution in [1.82, 2.24) is 4.90 Å². The van der Waals surface area contributed by atoms with E-state index in [1.54, 1.807) is 0 Å². The molecule has 3 heteroatoms. The fourth-order valence-electron chi connectivity index (χ4n) is 1.36. The highest BCUT2D eigenvalue weighted by atomic mass is 32.1. The van der Waals surface area contributed by atoms with E-state index in [2.05, 4.69) is 0 Å². The van der Waals surface area contributed by atoms with Gasteiger partial charge in [0.25, 0.3) is 5.91 Å². The van der Waals surface area contributed by atoms with Crippen LogP contribution in [0.2, 0.25) is 0 Å². The van der Waals surface area contributed by atoms with Gasteiger partial charge in [-0.2, -0.15) is 0 Å². The molecule has 0 aliphatic heterocycles. The Labute approximate surface area is 82.2 Å². The molecule has 0 N–H and O–H groups in total. The van der Waals surface area contributed by atoms with Crippen LogP contribution in [0.4, 0.5) is 0 Å². The number of amides is 1. The van der Waals surface area contributed by atoms with Gasteiger partial charge in [0.2, 0.25) is 0 Å². The van der Waals surface area contributed by atoms with Crippen molar-refractivity contribution in [2.24, 2.45) is 5.92 Å². The minimum atomic E-state index is 0.168. The molecule has 1 aromatic heterocycles. The summed E-state index contributed by atoms with van der Waals surface area (Å²) in [6.07, 6.45) is 2.59. The molecule has 2 nitrogen and oxygen atoms in total. The minimum Gasteiger partial charge on any atom is -0.341 e. The Hall–Kier alpha value is -0.830. The lowest BCUT2D eigenvalue weighted by Crippen LogP contribution is -2.27. The number of rotatable bonds is 3. The molecule has 0 radical (unpaired) electrons. The van der Waals surface area contributed by atoms with Crippen molar-refractivity contribution < 1.29 is 4.79 Å². The number of hydrogen-bond donors (Lipinski definition) is 0. The highest BCUT2D eigenvalue weighted by molar-refractivity contribution is 7.12. The summed E-state index contributed by atoms with van der Waals surface area (Å²) in [5.74, 6) is 0.941. The molecule has 0 saturated heterocycles. The van der Waals surface area contributed by atoms with Crippen LogP contribution in [0.25, 0.3) is 0 Å². The number of carbonyl (C=O) groups is 1. The van der Waals surface area contributed by atoms with E-state index in [1.165, 1.54) is 24.2 Å². The van der Waals surface area contributed by atoms with Crippen LogP contribution in [-0.4, -0.2) is 24.4 Å². The molecule has 1 aromatic rings. The van der Waals surface area contributed by atoms with Crippen molar-refractivity contribution in [2.45, 2.75) is 12.8 Å². The standard InChI is InChI=1S/C10H13NOS/c1-11(7-8-4-5-8)10(12)9-3-2-6-13-9/h2-3,6,8H,4-5,7H2,1H3. The van der Waals surface area contributed by atoms with Crippen LogP contribution in [0.1, 0.15) is 22.5 Å². The summed E-state index contributed by atoms with van der Waals surface area (Å²) in [7, 11) is 1.89. The van der Waals surface area contributed by atoms with E-state index in [1.807, 2.05) is 29.5 Å². The normalized spacial score (nSPS) is 15.8. The third-order valence-electron chi connectivity index (χ3n) is 2.31. The molecule has 1 saturated carbocycles. The quantitative estimate of drug-likeness (QED) is 0.724. The summed E-state index contributed by atoms with van der Waals surface area (Å²) in [5.41, 5.74) is 0. The molecule has 1 aliphatic rings. The molecule has 1 heterocycles. The van der Waals surface area contributed by atoms with Crippen LogP contribution < -0.4 is 0 Å². The predicted molar refractivity (Wildman–Crippen MR) is 54.0 cm³/mol. The third kappa shape index (κ3) is 2.10. The molecular formula is C10H13NOS.